The molecule has 9 heteroatoms. The zero-order chi connectivity index (χ0) is 26.7. The second-order valence-corrected chi connectivity index (χ2v) is 9.41. The number of benzene rings is 3. The van der Waals surface area contributed by atoms with Gasteiger partial charge in [-0.15, -0.1) is 0 Å². The third-order valence-corrected chi connectivity index (χ3v) is 6.15. The van der Waals surface area contributed by atoms with Gasteiger partial charge in [0.05, 0.1) is 17.8 Å². The number of rotatable bonds is 9. The lowest BCUT2D eigenvalue weighted by molar-refractivity contribution is -0.115. The van der Waals surface area contributed by atoms with E-state index in [1.54, 1.807) is 24.3 Å². The standard InChI is InChI=1S/C28H23BrF2N2O4/c1-16-3-7-26(33(16)23-10-19(28(35)36)9-22(13-23)32-14-17(2)34)24-11-20(29)5-8-27(24)37-15-18-4-6-21(30)12-25(18)31/h3-13,32H,14-15H2,1-2H3,(H,35,36). The fraction of sp³-hybridized carbons (Fsp3) is 0.143. The Morgan fingerprint density at radius 2 is 1.81 bits per heavy atom. The first-order chi connectivity index (χ1) is 17.6. The summed E-state index contributed by atoms with van der Waals surface area (Å²) >= 11 is 3.49. The van der Waals surface area contributed by atoms with E-state index in [1.165, 1.54) is 25.1 Å². The zero-order valence-electron chi connectivity index (χ0n) is 20.0. The van der Waals surface area contributed by atoms with Crippen LogP contribution in [0.5, 0.6) is 5.75 Å². The monoisotopic (exact) mass is 568 g/mol. The Kier molecular flexibility index (Phi) is 7.73. The lowest BCUT2D eigenvalue weighted by atomic mass is 10.1. The Morgan fingerprint density at radius 3 is 2.51 bits per heavy atom. The number of nitrogens with one attached hydrogen (secondary N) is 1. The highest BCUT2D eigenvalue weighted by molar-refractivity contribution is 9.10. The van der Waals surface area contributed by atoms with E-state index in [9.17, 15) is 23.5 Å². The SMILES string of the molecule is CC(=O)CNc1cc(C(=O)O)cc(-n2c(C)ccc2-c2cc(Br)ccc2OCc2ccc(F)cc2F)c1. The minimum Gasteiger partial charge on any atom is -0.488 e. The Labute approximate surface area is 220 Å². The summed E-state index contributed by atoms with van der Waals surface area (Å²) < 4.78 is 36.1. The van der Waals surface area contributed by atoms with Crippen molar-refractivity contribution < 1.29 is 28.2 Å². The van der Waals surface area contributed by atoms with Crippen LogP contribution in [0.15, 0.2) is 71.2 Å². The number of ether oxygens (including phenoxy) is 1. The van der Waals surface area contributed by atoms with E-state index in [1.807, 2.05) is 29.7 Å². The molecule has 190 valence electrons. The number of carbonyl (C=O) groups is 2. The number of hydrogen-bond donors (Lipinski definition) is 2. The van der Waals surface area contributed by atoms with Crippen molar-refractivity contribution in [1.82, 2.24) is 4.57 Å². The van der Waals surface area contributed by atoms with Crippen molar-refractivity contribution in [3.05, 3.63) is 99.7 Å². The second-order valence-electron chi connectivity index (χ2n) is 8.49. The van der Waals surface area contributed by atoms with Crippen molar-refractivity contribution >= 4 is 33.4 Å². The van der Waals surface area contributed by atoms with Crippen LogP contribution in [0, 0.1) is 18.6 Å². The highest BCUT2D eigenvalue weighted by Crippen LogP contribution is 2.37. The maximum atomic E-state index is 14.2. The molecule has 0 atom stereocenters. The summed E-state index contributed by atoms with van der Waals surface area (Å²) in [6.45, 7) is 3.26. The van der Waals surface area contributed by atoms with Gasteiger partial charge in [0.25, 0.3) is 0 Å². The number of nitrogens with zero attached hydrogens (tertiary/aromatic N) is 1. The van der Waals surface area contributed by atoms with Crippen molar-refractivity contribution in [2.45, 2.75) is 20.5 Å². The number of Topliss-reactive ketones (excluding diaryl/α,β-unsaturated/α-hetero) is 1. The van der Waals surface area contributed by atoms with Crippen LogP contribution in [0.1, 0.15) is 28.5 Å². The van der Waals surface area contributed by atoms with Crippen molar-refractivity contribution in [3.63, 3.8) is 0 Å². The highest BCUT2D eigenvalue weighted by Gasteiger charge is 2.18. The zero-order valence-corrected chi connectivity index (χ0v) is 21.6. The molecular formula is C28H23BrF2N2O4. The number of ketones is 1. The number of hydrogen-bond acceptors (Lipinski definition) is 4. The number of aromatic nitrogens is 1. The number of aryl methyl sites for hydroxylation is 1. The molecule has 0 bridgehead atoms. The molecule has 0 saturated carbocycles. The predicted octanol–water partition coefficient (Wildman–Crippen LogP) is 6.77. The molecular weight excluding hydrogens is 546 g/mol. The van der Waals surface area contributed by atoms with Gasteiger partial charge in [-0.1, -0.05) is 15.9 Å². The fourth-order valence-corrected chi connectivity index (χ4v) is 4.27. The smallest absolute Gasteiger partial charge is 0.335 e. The first-order valence-electron chi connectivity index (χ1n) is 11.3. The second kappa shape index (κ2) is 11.0. The van der Waals surface area contributed by atoms with Crippen LogP contribution >= 0.6 is 15.9 Å². The van der Waals surface area contributed by atoms with Gasteiger partial charge in [-0.3, -0.25) is 4.79 Å². The molecule has 0 fully saturated rings. The van der Waals surface area contributed by atoms with Gasteiger partial charge in [-0.2, -0.15) is 0 Å². The predicted molar refractivity (Wildman–Crippen MR) is 140 cm³/mol. The largest absolute Gasteiger partial charge is 0.488 e. The first-order valence-corrected chi connectivity index (χ1v) is 12.1. The fourth-order valence-electron chi connectivity index (χ4n) is 3.91. The van der Waals surface area contributed by atoms with Gasteiger partial charge in [0.1, 0.15) is 29.8 Å². The molecule has 0 saturated heterocycles. The normalized spacial score (nSPS) is 10.8. The number of anilines is 1. The van der Waals surface area contributed by atoms with Gasteiger partial charge < -0.3 is 19.7 Å². The molecule has 0 aliphatic carbocycles. The first kappa shape index (κ1) is 26.1. The molecule has 0 unspecified atom stereocenters. The molecule has 4 aromatic rings. The van der Waals surface area contributed by atoms with Crippen LogP contribution < -0.4 is 10.1 Å². The minimum absolute atomic E-state index is 0.0557. The van der Waals surface area contributed by atoms with E-state index >= 15 is 0 Å². The van der Waals surface area contributed by atoms with Gasteiger partial charge >= 0.3 is 5.97 Å². The molecule has 1 aromatic heterocycles. The summed E-state index contributed by atoms with van der Waals surface area (Å²) in [5.41, 5.74) is 3.51. The summed E-state index contributed by atoms with van der Waals surface area (Å²) in [6.07, 6.45) is 0. The molecule has 0 aliphatic rings. The van der Waals surface area contributed by atoms with Crippen molar-refractivity contribution in [2.24, 2.45) is 0 Å². The maximum Gasteiger partial charge on any atom is 0.335 e. The van der Waals surface area contributed by atoms with Crippen LogP contribution in [-0.4, -0.2) is 28.0 Å². The number of carboxylic acid groups (broad SMARTS) is 1. The summed E-state index contributed by atoms with van der Waals surface area (Å²) in [5.74, 6) is -2.11. The quantitative estimate of drug-likeness (QED) is 0.233. The molecule has 4 rings (SSSR count). The summed E-state index contributed by atoms with van der Waals surface area (Å²) in [6, 6.07) is 17.2. The van der Waals surface area contributed by atoms with Gasteiger partial charge in [0.2, 0.25) is 0 Å². The Bertz CT molecular complexity index is 1500. The minimum atomic E-state index is -1.10. The number of carbonyl (C=O) groups excluding carboxylic acids is 1. The van der Waals surface area contributed by atoms with Gasteiger partial charge in [-0.05, 0) is 74.5 Å². The van der Waals surface area contributed by atoms with Crippen LogP contribution in [0.2, 0.25) is 0 Å². The lowest BCUT2D eigenvalue weighted by Crippen LogP contribution is -2.11. The molecule has 1 heterocycles. The van der Waals surface area contributed by atoms with E-state index in [0.717, 1.165) is 16.2 Å². The maximum absolute atomic E-state index is 14.2. The van der Waals surface area contributed by atoms with Crippen LogP contribution in [0.25, 0.3) is 16.9 Å². The molecule has 0 spiro atoms. The van der Waals surface area contributed by atoms with Crippen LogP contribution in [0.3, 0.4) is 0 Å². The van der Waals surface area contributed by atoms with Gasteiger partial charge in [-0.25, -0.2) is 13.6 Å². The molecule has 2 N–H and O–H groups in total. The number of carboxylic acids is 1. The number of aromatic carboxylic acids is 1. The Morgan fingerprint density at radius 1 is 1.03 bits per heavy atom. The third kappa shape index (κ3) is 6.06. The van der Waals surface area contributed by atoms with Crippen molar-refractivity contribution in [1.29, 1.82) is 0 Å². The van der Waals surface area contributed by atoms with E-state index in [-0.39, 0.29) is 30.1 Å². The highest BCUT2D eigenvalue weighted by atomic mass is 79.9. The van der Waals surface area contributed by atoms with Crippen LogP contribution in [-0.2, 0) is 11.4 Å². The van der Waals surface area contributed by atoms with E-state index < -0.39 is 17.6 Å². The van der Waals surface area contributed by atoms with Crippen molar-refractivity contribution in [2.75, 3.05) is 11.9 Å². The number of halogens is 3. The Balaban J connectivity index is 1.78. The topological polar surface area (TPSA) is 80.6 Å². The van der Waals surface area contributed by atoms with Crippen LogP contribution in [0.4, 0.5) is 14.5 Å². The summed E-state index contributed by atoms with van der Waals surface area (Å²) in [4.78, 5) is 23.3. The lowest BCUT2D eigenvalue weighted by Gasteiger charge is -2.18. The molecule has 6 nitrogen and oxygen atoms in total. The molecule has 3 aromatic carbocycles. The van der Waals surface area contributed by atoms with Crippen molar-refractivity contribution in [3.8, 4) is 22.7 Å². The molecule has 0 amide bonds. The third-order valence-electron chi connectivity index (χ3n) is 5.66. The summed E-state index contributed by atoms with van der Waals surface area (Å²) in [7, 11) is 0. The van der Waals surface area contributed by atoms with Gasteiger partial charge in [0, 0.05) is 38.7 Å². The Hall–Kier alpha value is -3.98. The molecule has 0 radical (unpaired) electrons. The summed E-state index contributed by atoms with van der Waals surface area (Å²) in [5, 5.41) is 12.6. The van der Waals surface area contributed by atoms with E-state index in [4.69, 9.17) is 4.74 Å². The molecule has 37 heavy (non-hydrogen) atoms. The molecule has 0 aliphatic heterocycles. The van der Waals surface area contributed by atoms with E-state index in [0.29, 0.717) is 28.4 Å². The van der Waals surface area contributed by atoms with E-state index in [2.05, 4.69) is 21.2 Å². The average Bonchev–Trinajstić information content (AvgIpc) is 3.23. The van der Waals surface area contributed by atoms with Gasteiger partial charge in [0.15, 0.2) is 0 Å². The average molecular weight is 569 g/mol.